The molecule has 0 saturated heterocycles. The number of nitrogens with two attached hydrogens (primary N) is 1. The van der Waals surface area contributed by atoms with Gasteiger partial charge in [0.25, 0.3) is 0 Å². The average molecular weight is 561 g/mol. The smallest absolute Gasteiger partial charge is 0.305 e. The van der Waals surface area contributed by atoms with Gasteiger partial charge in [0, 0.05) is 38.4 Å². The first-order valence-electron chi connectivity index (χ1n) is 13.1. The fourth-order valence-corrected chi connectivity index (χ4v) is 5.26. The fraction of sp³-hybridized carbons (Fsp3) is 0.536. The molecule has 1 heterocycles. The number of fused-ring (bicyclic) bond motifs is 1. The van der Waals surface area contributed by atoms with Crippen molar-refractivity contribution < 1.29 is 28.7 Å². The minimum Gasteiger partial charge on any atom is -0.469 e. The first-order chi connectivity index (χ1) is 18.5. The number of amides is 2. The van der Waals surface area contributed by atoms with Crippen molar-refractivity contribution in [2.45, 2.75) is 76.6 Å². The molecular weight excluding hydrogens is 520 g/mol. The minimum atomic E-state index is -0.939. The number of thioether (sulfide) groups is 1. The summed E-state index contributed by atoms with van der Waals surface area (Å²) in [6.07, 6.45) is 3.97. The Balaban J connectivity index is 2.27. The van der Waals surface area contributed by atoms with Gasteiger partial charge in [-0.2, -0.15) is 0 Å². The molecule has 214 valence electrons. The number of para-hydroxylation sites is 1. The van der Waals surface area contributed by atoms with Gasteiger partial charge in [-0.05, 0) is 36.8 Å². The number of hydrogen-bond acceptors (Lipinski definition) is 8. The molecule has 1 aromatic heterocycles. The lowest BCUT2D eigenvalue weighted by molar-refractivity contribution is -0.140. The molecule has 0 saturated carbocycles. The molecule has 11 heteroatoms. The highest BCUT2D eigenvalue weighted by Gasteiger charge is 2.28. The molecule has 2 aromatic rings. The number of ether oxygens (including phenoxy) is 1. The molecule has 0 aliphatic rings. The van der Waals surface area contributed by atoms with E-state index in [2.05, 4.69) is 15.4 Å². The number of methoxy groups -OCH3 is 1. The Morgan fingerprint density at radius 1 is 1.08 bits per heavy atom. The summed E-state index contributed by atoms with van der Waals surface area (Å²) in [4.78, 5) is 62.4. The lowest BCUT2D eigenvalue weighted by Gasteiger charge is -2.21. The molecule has 4 N–H and O–H groups in total. The number of nitrogens with zero attached hydrogens (tertiary/aromatic N) is 1. The van der Waals surface area contributed by atoms with Crippen LogP contribution in [-0.4, -0.2) is 64.9 Å². The van der Waals surface area contributed by atoms with Crippen molar-refractivity contribution in [2.75, 3.05) is 14.2 Å². The van der Waals surface area contributed by atoms with E-state index in [-0.39, 0.29) is 35.8 Å². The normalized spacial score (nSPS) is 13.5. The Morgan fingerprint density at radius 3 is 2.38 bits per heavy atom. The molecule has 0 spiro atoms. The van der Waals surface area contributed by atoms with Crippen LogP contribution in [0.2, 0.25) is 0 Å². The number of esters is 1. The monoisotopic (exact) mass is 560 g/mol. The van der Waals surface area contributed by atoms with E-state index >= 15 is 0 Å². The van der Waals surface area contributed by atoms with Crippen LogP contribution in [-0.2, 0) is 30.3 Å². The van der Waals surface area contributed by atoms with Crippen LogP contribution in [0.4, 0.5) is 0 Å². The van der Waals surface area contributed by atoms with Gasteiger partial charge >= 0.3 is 5.97 Å². The van der Waals surface area contributed by atoms with Gasteiger partial charge in [0.15, 0.2) is 5.12 Å². The molecular formula is C28H40N4O6S. The lowest BCUT2D eigenvalue weighted by atomic mass is 10.0. The van der Waals surface area contributed by atoms with Crippen molar-refractivity contribution in [3.63, 3.8) is 0 Å². The third-order valence-electron chi connectivity index (χ3n) is 6.30. The van der Waals surface area contributed by atoms with Gasteiger partial charge in [0.2, 0.25) is 17.7 Å². The number of carbonyl (C=O) groups is 5. The summed E-state index contributed by atoms with van der Waals surface area (Å²) in [6, 6.07) is 5.74. The molecule has 0 aliphatic carbocycles. The second-order valence-corrected chi connectivity index (χ2v) is 11.3. The fourth-order valence-electron chi connectivity index (χ4n) is 4.40. The van der Waals surface area contributed by atoms with Crippen LogP contribution < -0.4 is 16.4 Å². The van der Waals surface area contributed by atoms with Gasteiger partial charge in [-0.25, -0.2) is 0 Å². The summed E-state index contributed by atoms with van der Waals surface area (Å²) in [5, 5.41) is 5.23. The number of aromatic nitrogens is 1. The second-order valence-electron chi connectivity index (χ2n) is 9.92. The predicted molar refractivity (Wildman–Crippen MR) is 152 cm³/mol. The van der Waals surface area contributed by atoms with Crippen LogP contribution in [0.5, 0.6) is 0 Å². The molecule has 0 fully saturated rings. The maximum atomic E-state index is 13.2. The first kappa shape index (κ1) is 32.0. The van der Waals surface area contributed by atoms with Crippen molar-refractivity contribution in [1.29, 1.82) is 0 Å². The number of likely N-dealkylation sites (N-methyl/N-ethyl adjacent to an activating group) is 1. The molecule has 10 nitrogen and oxygen atoms in total. The Bertz CT molecular complexity index is 1180. The summed E-state index contributed by atoms with van der Waals surface area (Å²) in [5.74, 6) is -1.17. The molecule has 0 aliphatic heterocycles. The van der Waals surface area contributed by atoms with Crippen LogP contribution in [0.25, 0.3) is 10.9 Å². The van der Waals surface area contributed by atoms with E-state index in [4.69, 9.17) is 5.73 Å². The molecule has 0 bridgehead atoms. The van der Waals surface area contributed by atoms with Gasteiger partial charge in [-0.15, -0.1) is 0 Å². The second kappa shape index (κ2) is 15.4. The van der Waals surface area contributed by atoms with Crippen molar-refractivity contribution in [3.8, 4) is 0 Å². The topological polar surface area (TPSA) is 150 Å². The standard InChI is InChI=1S/C28H40N4O6S/c1-17(2)14-21(29)28(37)32-16-19(20-10-6-7-11-23(20)32)15-22(26(35)30-4)31-27(36)24(39-18(3)33)12-8-9-13-25(34)38-5/h6-7,10-11,16-17,21-22,24H,8-9,12-15,29H2,1-5H3,(H,30,35)(H,31,36)/t21-,22-,24?/m0/s1. The number of rotatable bonds is 14. The highest BCUT2D eigenvalue weighted by atomic mass is 32.2. The summed E-state index contributed by atoms with van der Waals surface area (Å²) in [6.45, 7) is 5.38. The van der Waals surface area contributed by atoms with Crippen LogP contribution in [0, 0.1) is 5.92 Å². The Labute approximate surface area is 233 Å². The molecule has 2 amide bonds. The van der Waals surface area contributed by atoms with E-state index in [9.17, 15) is 24.0 Å². The molecule has 3 atom stereocenters. The van der Waals surface area contributed by atoms with Crippen LogP contribution in [0.15, 0.2) is 30.5 Å². The Morgan fingerprint density at radius 2 is 1.77 bits per heavy atom. The predicted octanol–water partition coefficient (Wildman–Crippen LogP) is 2.81. The SMILES string of the molecule is CNC(=O)[C@H](Cc1cn(C(=O)[C@@H](N)CC(C)C)c2ccccc12)NC(=O)C(CCCCC(=O)OC)SC(C)=O. The Hall–Kier alpha value is -3.18. The number of nitrogens with one attached hydrogen (secondary N) is 2. The number of benzene rings is 1. The summed E-state index contributed by atoms with van der Waals surface area (Å²) in [5.41, 5.74) is 7.57. The number of carbonyl (C=O) groups excluding carboxylic acids is 5. The number of unbranched alkanes of at least 4 members (excludes halogenated alkanes) is 1. The van der Waals surface area contributed by atoms with Crippen LogP contribution in [0.3, 0.4) is 0 Å². The average Bonchev–Trinajstić information content (AvgIpc) is 3.26. The molecule has 2 rings (SSSR count). The maximum Gasteiger partial charge on any atom is 0.305 e. The minimum absolute atomic E-state index is 0.130. The molecule has 1 unspecified atom stereocenters. The van der Waals surface area contributed by atoms with E-state index in [0.29, 0.717) is 36.8 Å². The number of hydrogen-bond donors (Lipinski definition) is 3. The van der Waals surface area contributed by atoms with Gasteiger partial charge in [-0.3, -0.25) is 28.5 Å². The van der Waals surface area contributed by atoms with Gasteiger partial charge in [-0.1, -0.05) is 50.2 Å². The van der Waals surface area contributed by atoms with Gasteiger partial charge < -0.3 is 21.1 Å². The van der Waals surface area contributed by atoms with E-state index in [1.807, 2.05) is 38.1 Å². The quantitative estimate of drug-likeness (QED) is 0.236. The van der Waals surface area contributed by atoms with Crippen LogP contribution >= 0.6 is 11.8 Å². The van der Waals surface area contributed by atoms with Gasteiger partial charge in [0.1, 0.15) is 6.04 Å². The molecule has 0 radical (unpaired) electrons. The van der Waals surface area contributed by atoms with Crippen LogP contribution in [0.1, 0.15) is 63.2 Å². The zero-order chi connectivity index (χ0) is 29.1. The van der Waals surface area contributed by atoms with Gasteiger partial charge in [0.05, 0.1) is 23.9 Å². The zero-order valence-electron chi connectivity index (χ0n) is 23.3. The van der Waals surface area contributed by atoms with E-state index in [0.717, 1.165) is 17.1 Å². The van der Waals surface area contributed by atoms with Crippen molar-refractivity contribution in [3.05, 3.63) is 36.0 Å². The first-order valence-corrected chi connectivity index (χ1v) is 14.0. The van der Waals surface area contributed by atoms with Crippen molar-refractivity contribution in [1.82, 2.24) is 15.2 Å². The Kier molecular flexibility index (Phi) is 12.7. The summed E-state index contributed by atoms with van der Waals surface area (Å²) < 4.78 is 6.17. The lowest BCUT2D eigenvalue weighted by Crippen LogP contribution is -2.49. The third-order valence-corrected chi connectivity index (χ3v) is 7.37. The maximum absolute atomic E-state index is 13.2. The van der Waals surface area contributed by atoms with E-state index < -0.39 is 29.1 Å². The van der Waals surface area contributed by atoms with E-state index in [1.54, 1.807) is 6.20 Å². The highest BCUT2D eigenvalue weighted by Crippen LogP contribution is 2.25. The largest absolute Gasteiger partial charge is 0.469 e. The zero-order valence-corrected chi connectivity index (χ0v) is 24.1. The summed E-state index contributed by atoms with van der Waals surface area (Å²) in [7, 11) is 2.80. The van der Waals surface area contributed by atoms with Crippen molar-refractivity contribution >= 4 is 51.5 Å². The highest BCUT2D eigenvalue weighted by molar-refractivity contribution is 8.14. The van der Waals surface area contributed by atoms with E-state index in [1.165, 1.54) is 25.6 Å². The molecule has 1 aromatic carbocycles. The molecule has 39 heavy (non-hydrogen) atoms. The third kappa shape index (κ3) is 9.50. The summed E-state index contributed by atoms with van der Waals surface area (Å²) >= 11 is 0.897. The van der Waals surface area contributed by atoms with Crippen molar-refractivity contribution in [2.24, 2.45) is 11.7 Å².